The molecule has 0 aliphatic heterocycles. The maximum absolute atomic E-state index is 11.9. The molecule has 6 heteroatoms. The van der Waals surface area contributed by atoms with Gasteiger partial charge in [0.25, 0.3) is 0 Å². The molecule has 1 unspecified atom stereocenters. The number of aromatic hydroxyl groups is 2. The van der Waals surface area contributed by atoms with Crippen LogP contribution in [0.4, 0.5) is 0 Å². The second kappa shape index (κ2) is 4.93. The number of hydrogen-bond donors (Lipinski definition) is 4. The normalized spacial score (nSPS) is 13.7. The number of hydrogen-bond acceptors (Lipinski definition) is 6. The third-order valence-corrected chi connectivity index (χ3v) is 2.34. The molecule has 6 nitrogen and oxygen atoms in total. The van der Waals surface area contributed by atoms with Crippen molar-refractivity contribution in [3.05, 3.63) is 23.8 Å². The monoisotopic (exact) mass is 255 g/mol. The molecule has 0 aliphatic carbocycles. The summed E-state index contributed by atoms with van der Waals surface area (Å²) in [5, 5.41) is 38.4. The third-order valence-electron chi connectivity index (χ3n) is 2.34. The zero-order valence-corrected chi connectivity index (χ0v) is 10.5. The van der Waals surface area contributed by atoms with Gasteiger partial charge in [-0.05, 0) is 32.9 Å². The van der Waals surface area contributed by atoms with Crippen LogP contribution in [-0.2, 0) is 0 Å². The van der Waals surface area contributed by atoms with Crippen LogP contribution in [0.2, 0.25) is 0 Å². The van der Waals surface area contributed by atoms with Crippen LogP contribution in [0, 0.1) is 0 Å². The van der Waals surface area contributed by atoms with Crippen molar-refractivity contribution in [1.82, 2.24) is 5.06 Å². The summed E-state index contributed by atoms with van der Waals surface area (Å²) in [5.74, 6) is -1.42. The van der Waals surface area contributed by atoms with Gasteiger partial charge in [0.15, 0.2) is 6.23 Å². The van der Waals surface area contributed by atoms with Crippen LogP contribution in [0.15, 0.2) is 18.2 Å². The number of benzene rings is 1. The van der Waals surface area contributed by atoms with Gasteiger partial charge >= 0.3 is 0 Å². The smallest absolute Gasteiger partial charge is 0.208 e. The number of aliphatic hydroxyl groups is 1. The van der Waals surface area contributed by atoms with Gasteiger partial charge in [0.1, 0.15) is 11.5 Å². The first kappa shape index (κ1) is 14.4. The summed E-state index contributed by atoms with van der Waals surface area (Å²) in [6.07, 6.45) is -1.77. The Kier molecular flexibility index (Phi) is 3.95. The van der Waals surface area contributed by atoms with Crippen molar-refractivity contribution in [2.24, 2.45) is 0 Å². The Bertz CT molecular complexity index is 432. The molecular formula is C12H17NO5. The van der Waals surface area contributed by atoms with Gasteiger partial charge < -0.3 is 20.5 Å². The Hall–Kier alpha value is -1.63. The number of phenolic OH excluding ortho intramolecular Hbond substituents is 2. The molecule has 100 valence electrons. The highest BCUT2D eigenvalue weighted by Gasteiger charge is 2.31. The SMILES string of the molecule is CC(C)(C)N(O)C(O)C(=O)c1cc(O)cc(O)c1. The summed E-state index contributed by atoms with van der Waals surface area (Å²) in [6, 6.07) is 3.26. The van der Waals surface area contributed by atoms with Gasteiger partial charge in [0.05, 0.1) is 0 Å². The van der Waals surface area contributed by atoms with Crippen molar-refractivity contribution in [1.29, 1.82) is 0 Å². The first-order chi connectivity index (χ1) is 8.12. The number of ketones is 1. The van der Waals surface area contributed by atoms with E-state index in [-0.39, 0.29) is 17.1 Å². The lowest BCUT2D eigenvalue weighted by atomic mass is 10.0. The molecule has 0 radical (unpaired) electrons. The average Bonchev–Trinajstić information content (AvgIpc) is 2.23. The molecule has 1 aromatic rings. The number of aliphatic hydroxyl groups excluding tert-OH is 1. The van der Waals surface area contributed by atoms with Crippen molar-refractivity contribution >= 4 is 5.78 Å². The van der Waals surface area contributed by atoms with Gasteiger partial charge in [-0.3, -0.25) is 4.79 Å². The highest BCUT2D eigenvalue weighted by molar-refractivity contribution is 5.99. The van der Waals surface area contributed by atoms with E-state index < -0.39 is 17.6 Å². The lowest BCUT2D eigenvalue weighted by Crippen LogP contribution is -2.49. The highest BCUT2D eigenvalue weighted by Crippen LogP contribution is 2.23. The highest BCUT2D eigenvalue weighted by atomic mass is 16.5. The number of carbonyl (C=O) groups is 1. The first-order valence-corrected chi connectivity index (χ1v) is 5.36. The van der Waals surface area contributed by atoms with Crippen LogP contribution >= 0.6 is 0 Å². The molecule has 1 rings (SSSR count). The molecule has 0 fully saturated rings. The van der Waals surface area contributed by atoms with E-state index >= 15 is 0 Å². The van der Waals surface area contributed by atoms with Crippen LogP contribution in [0.5, 0.6) is 11.5 Å². The van der Waals surface area contributed by atoms with Gasteiger partial charge in [-0.15, -0.1) is 0 Å². The summed E-state index contributed by atoms with van der Waals surface area (Å²) in [7, 11) is 0. The van der Waals surface area contributed by atoms with E-state index in [4.69, 9.17) is 0 Å². The van der Waals surface area contributed by atoms with Crippen LogP contribution in [-0.4, -0.2) is 43.1 Å². The third kappa shape index (κ3) is 3.19. The quantitative estimate of drug-likeness (QED) is 0.366. The van der Waals surface area contributed by atoms with Crippen molar-refractivity contribution in [3.63, 3.8) is 0 Å². The van der Waals surface area contributed by atoms with Crippen molar-refractivity contribution in [3.8, 4) is 11.5 Å². The minimum absolute atomic E-state index is 0.0942. The average molecular weight is 255 g/mol. The number of rotatable bonds is 3. The van der Waals surface area contributed by atoms with E-state index in [9.17, 15) is 25.3 Å². The fourth-order valence-corrected chi connectivity index (χ4v) is 1.36. The molecule has 18 heavy (non-hydrogen) atoms. The largest absolute Gasteiger partial charge is 0.508 e. The summed E-state index contributed by atoms with van der Waals surface area (Å²) < 4.78 is 0. The van der Waals surface area contributed by atoms with Gasteiger partial charge in [0.2, 0.25) is 5.78 Å². The molecule has 0 bridgehead atoms. The second-order valence-electron chi connectivity index (χ2n) is 4.99. The first-order valence-electron chi connectivity index (χ1n) is 5.36. The molecule has 0 amide bonds. The number of carbonyl (C=O) groups excluding carboxylic acids is 1. The Balaban J connectivity index is 3.00. The summed E-state index contributed by atoms with van der Waals surface area (Å²) in [6.45, 7) is 4.84. The molecule has 0 saturated carbocycles. The predicted octanol–water partition coefficient (Wildman–Crippen LogP) is 1.09. The molecule has 0 aliphatic rings. The summed E-state index contributed by atoms with van der Waals surface area (Å²) >= 11 is 0. The van der Waals surface area contributed by atoms with Crippen molar-refractivity contribution in [2.75, 3.05) is 0 Å². The topological polar surface area (TPSA) is 101 Å². The van der Waals surface area contributed by atoms with Crippen LogP contribution < -0.4 is 0 Å². The van der Waals surface area contributed by atoms with Gasteiger partial charge in [-0.25, -0.2) is 0 Å². The number of hydroxylamine groups is 2. The molecule has 4 N–H and O–H groups in total. The minimum Gasteiger partial charge on any atom is -0.508 e. The zero-order chi connectivity index (χ0) is 14.1. The molecule has 0 saturated heterocycles. The Morgan fingerprint density at radius 3 is 2.00 bits per heavy atom. The lowest BCUT2D eigenvalue weighted by molar-refractivity contribution is -0.225. The Labute approximate surface area is 105 Å². The van der Waals surface area contributed by atoms with Gasteiger partial charge in [-0.2, -0.15) is 5.06 Å². The fraction of sp³-hybridized carbons (Fsp3) is 0.417. The second-order valence-corrected chi connectivity index (χ2v) is 4.99. The molecule has 0 heterocycles. The lowest BCUT2D eigenvalue weighted by Gasteiger charge is -2.32. The van der Waals surface area contributed by atoms with Crippen molar-refractivity contribution < 1.29 is 25.3 Å². The van der Waals surface area contributed by atoms with E-state index in [2.05, 4.69) is 0 Å². The van der Waals surface area contributed by atoms with Crippen LogP contribution in [0.1, 0.15) is 31.1 Å². The fourth-order valence-electron chi connectivity index (χ4n) is 1.36. The summed E-state index contributed by atoms with van der Waals surface area (Å²) in [4.78, 5) is 11.9. The number of phenols is 2. The maximum atomic E-state index is 11.9. The molecular weight excluding hydrogens is 238 g/mol. The zero-order valence-electron chi connectivity index (χ0n) is 10.5. The predicted molar refractivity (Wildman–Crippen MR) is 63.5 cm³/mol. The van der Waals surface area contributed by atoms with E-state index in [1.165, 1.54) is 0 Å². The molecule has 0 spiro atoms. The molecule has 0 aromatic heterocycles. The van der Waals surface area contributed by atoms with Gasteiger partial charge in [0, 0.05) is 17.2 Å². The molecule has 1 aromatic carbocycles. The standard InChI is InChI=1S/C12H17NO5/c1-12(2,3)13(18)11(17)10(16)7-4-8(14)6-9(15)5-7/h4-6,11,14-15,17-18H,1-3H3. The number of Topliss-reactive ketones (excluding diaryl/α,β-unsaturated/α-hetero) is 1. The minimum atomic E-state index is -1.77. The van der Waals surface area contributed by atoms with E-state index in [1.807, 2.05) is 0 Å². The van der Waals surface area contributed by atoms with Crippen molar-refractivity contribution in [2.45, 2.75) is 32.5 Å². The maximum Gasteiger partial charge on any atom is 0.208 e. The Morgan fingerprint density at radius 1 is 1.17 bits per heavy atom. The summed E-state index contributed by atoms with van der Waals surface area (Å²) in [5.41, 5.74) is -0.920. The molecule has 1 atom stereocenters. The van der Waals surface area contributed by atoms with Gasteiger partial charge in [-0.1, -0.05) is 0 Å². The number of nitrogens with zero attached hydrogens (tertiary/aromatic N) is 1. The van der Waals surface area contributed by atoms with E-state index in [1.54, 1.807) is 20.8 Å². The van der Waals surface area contributed by atoms with E-state index in [0.29, 0.717) is 5.06 Å². The Morgan fingerprint density at radius 2 is 1.61 bits per heavy atom. The van der Waals surface area contributed by atoms with Crippen LogP contribution in [0.25, 0.3) is 0 Å². The van der Waals surface area contributed by atoms with E-state index in [0.717, 1.165) is 18.2 Å². The van der Waals surface area contributed by atoms with Crippen LogP contribution in [0.3, 0.4) is 0 Å².